The fourth-order valence-electron chi connectivity index (χ4n) is 1.75. The van der Waals surface area contributed by atoms with Crippen LogP contribution >= 0.6 is 0 Å². The number of para-hydroxylation sites is 2. The van der Waals surface area contributed by atoms with E-state index in [1.807, 2.05) is 36.2 Å². The lowest BCUT2D eigenvalue weighted by Crippen LogP contribution is -2.23. The molecule has 19 heavy (non-hydrogen) atoms. The van der Waals surface area contributed by atoms with Crippen LogP contribution in [-0.4, -0.2) is 20.2 Å². The number of nitrogen functional groups attached to an aromatic ring is 1. The lowest BCUT2D eigenvalue weighted by Gasteiger charge is -2.19. The van der Waals surface area contributed by atoms with Crippen LogP contribution in [0.3, 0.4) is 0 Å². The summed E-state index contributed by atoms with van der Waals surface area (Å²) in [5.74, 6) is 0.438. The maximum atomic E-state index is 13.1. The Bertz CT molecular complexity index is 545. The monoisotopic (exact) mass is 260 g/mol. The quantitative estimate of drug-likeness (QED) is 0.840. The maximum Gasteiger partial charge on any atom is 0.142 e. The number of nitrogens with zero attached hydrogens (tertiary/aromatic N) is 1. The predicted molar refractivity (Wildman–Crippen MR) is 76.0 cm³/mol. The van der Waals surface area contributed by atoms with E-state index in [2.05, 4.69) is 0 Å². The number of anilines is 2. The summed E-state index contributed by atoms with van der Waals surface area (Å²) < 4.78 is 18.7. The Morgan fingerprint density at radius 2 is 1.95 bits per heavy atom. The zero-order chi connectivity index (χ0) is 13.7. The second kappa shape index (κ2) is 6.09. The summed E-state index contributed by atoms with van der Waals surface area (Å²) in [6, 6.07) is 13.8. The molecule has 0 radical (unpaired) electrons. The minimum atomic E-state index is -0.238. The zero-order valence-electron chi connectivity index (χ0n) is 10.8. The highest BCUT2D eigenvalue weighted by Crippen LogP contribution is 2.20. The Labute approximate surface area is 112 Å². The first-order chi connectivity index (χ1) is 9.16. The second-order valence-corrected chi connectivity index (χ2v) is 4.29. The van der Waals surface area contributed by atoms with E-state index < -0.39 is 0 Å². The van der Waals surface area contributed by atoms with Crippen LogP contribution in [0, 0.1) is 5.82 Å². The van der Waals surface area contributed by atoms with Gasteiger partial charge in [0.05, 0.1) is 12.2 Å². The fourth-order valence-corrected chi connectivity index (χ4v) is 1.75. The van der Waals surface area contributed by atoms with E-state index in [0.717, 1.165) is 5.69 Å². The molecule has 100 valence electrons. The van der Waals surface area contributed by atoms with E-state index in [4.69, 9.17) is 10.5 Å². The van der Waals surface area contributed by atoms with Crippen molar-refractivity contribution in [1.82, 2.24) is 0 Å². The van der Waals surface area contributed by atoms with E-state index in [1.165, 1.54) is 12.1 Å². The average molecular weight is 260 g/mol. The van der Waals surface area contributed by atoms with Gasteiger partial charge >= 0.3 is 0 Å². The summed E-state index contributed by atoms with van der Waals surface area (Å²) in [4.78, 5) is 1.93. The molecule has 0 aliphatic heterocycles. The molecule has 0 spiro atoms. The third kappa shape index (κ3) is 3.61. The van der Waals surface area contributed by atoms with Gasteiger partial charge in [-0.15, -0.1) is 0 Å². The predicted octanol–water partition coefficient (Wildman–Crippen LogP) is 2.92. The zero-order valence-corrected chi connectivity index (χ0v) is 10.8. The van der Waals surface area contributed by atoms with Crippen LogP contribution in [0.4, 0.5) is 15.8 Å². The topological polar surface area (TPSA) is 38.5 Å². The normalized spacial score (nSPS) is 10.2. The number of hydrogen-bond acceptors (Lipinski definition) is 3. The van der Waals surface area contributed by atoms with E-state index in [9.17, 15) is 4.39 Å². The van der Waals surface area contributed by atoms with Gasteiger partial charge in [-0.25, -0.2) is 4.39 Å². The van der Waals surface area contributed by atoms with E-state index >= 15 is 0 Å². The van der Waals surface area contributed by atoms with Crippen molar-refractivity contribution in [1.29, 1.82) is 0 Å². The molecule has 0 heterocycles. The fraction of sp³-hybridized carbons (Fsp3) is 0.200. The largest absolute Gasteiger partial charge is 0.490 e. The van der Waals surface area contributed by atoms with Crippen molar-refractivity contribution in [2.24, 2.45) is 0 Å². The minimum Gasteiger partial charge on any atom is -0.490 e. The number of rotatable bonds is 5. The minimum absolute atomic E-state index is 0.238. The van der Waals surface area contributed by atoms with Crippen molar-refractivity contribution in [3.63, 3.8) is 0 Å². The van der Waals surface area contributed by atoms with Crippen LogP contribution in [-0.2, 0) is 0 Å². The average Bonchev–Trinajstić information content (AvgIpc) is 2.41. The molecular formula is C15H17FN2O. The Morgan fingerprint density at radius 3 is 2.68 bits per heavy atom. The summed E-state index contributed by atoms with van der Waals surface area (Å²) >= 11 is 0. The first kappa shape index (κ1) is 13.2. The Morgan fingerprint density at radius 1 is 1.16 bits per heavy atom. The van der Waals surface area contributed by atoms with E-state index in [0.29, 0.717) is 24.6 Å². The van der Waals surface area contributed by atoms with Gasteiger partial charge in [0, 0.05) is 12.7 Å². The highest BCUT2D eigenvalue weighted by molar-refractivity contribution is 5.52. The molecule has 0 bridgehead atoms. The molecule has 0 atom stereocenters. The third-order valence-corrected chi connectivity index (χ3v) is 2.85. The Hall–Kier alpha value is -2.23. The molecule has 0 aromatic heterocycles. The van der Waals surface area contributed by atoms with Gasteiger partial charge < -0.3 is 15.4 Å². The number of benzene rings is 2. The molecule has 2 aromatic carbocycles. The standard InChI is InChI=1S/C15H17FN2O/c1-18(13-6-4-5-12(16)11-13)9-10-19-15-8-3-2-7-14(15)17/h2-8,11H,9-10,17H2,1H3. The van der Waals surface area contributed by atoms with Crippen LogP contribution in [0.15, 0.2) is 48.5 Å². The first-order valence-corrected chi connectivity index (χ1v) is 6.11. The number of halogens is 1. The molecule has 2 rings (SSSR count). The summed E-state index contributed by atoms with van der Waals surface area (Å²) in [6.07, 6.45) is 0. The van der Waals surface area contributed by atoms with E-state index in [-0.39, 0.29) is 5.82 Å². The number of nitrogens with two attached hydrogens (primary N) is 1. The lowest BCUT2D eigenvalue weighted by atomic mass is 10.3. The Kier molecular flexibility index (Phi) is 4.23. The van der Waals surface area contributed by atoms with Crippen LogP contribution in [0.2, 0.25) is 0 Å². The van der Waals surface area contributed by atoms with Gasteiger partial charge in [0.2, 0.25) is 0 Å². The molecule has 0 aliphatic rings. The molecule has 2 aromatic rings. The highest BCUT2D eigenvalue weighted by atomic mass is 19.1. The van der Waals surface area contributed by atoms with E-state index in [1.54, 1.807) is 12.1 Å². The Balaban J connectivity index is 1.88. The van der Waals surface area contributed by atoms with Gasteiger partial charge in [0.1, 0.15) is 18.2 Å². The third-order valence-electron chi connectivity index (χ3n) is 2.85. The SMILES string of the molecule is CN(CCOc1ccccc1N)c1cccc(F)c1. The molecule has 0 fully saturated rings. The number of hydrogen-bond donors (Lipinski definition) is 1. The number of ether oxygens (including phenoxy) is 1. The van der Waals surface area contributed by atoms with Crippen LogP contribution in [0.5, 0.6) is 5.75 Å². The van der Waals surface area contributed by atoms with Crippen molar-refractivity contribution < 1.29 is 9.13 Å². The van der Waals surface area contributed by atoms with Crippen molar-refractivity contribution >= 4 is 11.4 Å². The van der Waals surface area contributed by atoms with Crippen LogP contribution in [0.25, 0.3) is 0 Å². The van der Waals surface area contributed by atoms with Gasteiger partial charge in [-0.3, -0.25) is 0 Å². The molecule has 3 nitrogen and oxygen atoms in total. The number of likely N-dealkylation sites (N-methyl/N-ethyl adjacent to an activating group) is 1. The van der Waals surface area contributed by atoms with Gasteiger partial charge in [0.15, 0.2) is 0 Å². The van der Waals surface area contributed by atoms with Crippen LogP contribution < -0.4 is 15.4 Å². The molecule has 2 N–H and O–H groups in total. The van der Waals surface area contributed by atoms with Gasteiger partial charge in [-0.2, -0.15) is 0 Å². The molecule has 0 aliphatic carbocycles. The molecule has 0 saturated heterocycles. The first-order valence-electron chi connectivity index (χ1n) is 6.11. The highest BCUT2D eigenvalue weighted by Gasteiger charge is 2.03. The lowest BCUT2D eigenvalue weighted by molar-refractivity contribution is 0.327. The summed E-state index contributed by atoms with van der Waals surface area (Å²) in [5, 5.41) is 0. The summed E-state index contributed by atoms with van der Waals surface area (Å²) in [6.45, 7) is 1.14. The summed E-state index contributed by atoms with van der Waals surface area (Å²) in [5.41, 5.74) is 7.23. The van der Waals surface area contributed by atoms with Crippen LogP contribution in [0.1, 0.15) is 0 Å². The van der Waals surface area contributed by atoms with Crippen molar-refractivity contribution in [3.8, 4) is 5.75 Å². The molecule has 0 saturated carbocycles. The molecule has 0 unspecified atom stereocenters. The molecular weight excluding hydrogens is 243 g/mol. The van der Waals surface area contributed by atoms with Crippen molar-refractivity contribution in [2.75, 3.05) is 30.8 Å². The van der Waals surface area contributed by atoms with Gasteiger partial charge in [-0.05, 0) is 30.3 Å². The second-order valence-electron chi connectivity index (χ2n) is 4.29. The molecule has 4 heteroatoms. The van der Waals surface area contributed by atoms with Gasteiger partial charge in [0.25, 0.3) is 0 Å². The smallest absolute Gasteiger partial charge is 0.142 e. The van der Waals surface area contributed by atoms with Crippen molar-refractivity contribution in [2.45, 2.75) is 0 Å². The maximum absolute atomic E-state index is 13.1. The van der Waals surface area contributed by atoms with Crippen molar-refractivity contribution in [3.05, 3.63) is 54.3 Å². The van der Waals surface area contributed by atoms with Gasteiger partial charge in [-0.1, -0.05) is 18.2 Å². The molecule has 0 amide bonds. The summed E-state index contributed by atoms with van der Waals surface area (Å²) in [7, 11) is 1.90.